The first kappa shape index (κ1) is 38.2. The maximum Gasteiger partial charge on any atom is 0.343 e. The number of aldehydes is 1. The minimum absolute atomic E-state index is 0.0288. The number of amides is 2. The van der Waals surface area contributed by atoms with Gasteiger partial charge in [-0.25, -0.2) is 4.79 Å². The quantitative estimate of drug-likeness (QED) is 0.0694. The summed E-state index contributed by atoms with van der Waals surface area (Å²) < 4.78 is 5.36. The number of benzene rings is 4. The van der Waals surface area contributed by atoms with Gasteiger partial charge >= 0.3 is 5.97 Å². The molecule has 2 amide bonds. The number of aromatic hydroxyl groups is 1. The zero-order valence-corrected chi connectivity index (χ0v) is 30.1. The van der Waals surface area contributed by atoms with Crippen molar-refractivity contribution in [3.8, 4) is 11.5 Å². The average Bonchev–Trinajstić information content (AvgIpc) is 3.22. The lowest BCUT2D eigenvalue weighted by Crippen LogP contribution is -2.47. The Bertz CT molecular complexity index is 2090. The number of halogens is 4. The monoisotopic (exact) mass is 781 g/mol. The van der Waals surface area contributed by atoms with Crippen LogP contribution in [0.1, 0.15) is 51.6 Å². The highest BCUT2D eigenvalue weighted by molar-refractivity contribution is 6.39. The first-order valence-electron chi connectivity index (χ1n) is 15.5. The molecule has 266 valence electrons. The first-order chi connectivity index (χ1) is 24.8. The Balaban J connectivity index is 1.46. The van der Waals surface area contributed by atoms with Crippen LogP contribution >= 0.6 is 46.4 Å². The van der Waals surface area contributed by atoms with E-state index in [-0.39, 0.29) is 49.2 Å². The third-order valence-electron chi connectivity index (χ3n) is 7.80. The van der Waals surface area contributed by atoms with E-state index >= 15 is 0 Å². The van der Waals surface area contributed by atoms with Crippen LogP contribution in [0.4, 0.5) is 5.69 Å². The van der Waals surface area contributed by atoms with Gasteiger partial charge in [0.05, 0.1) is 43.1 Å². The molecule has 0 aliphatic carbocycles. The molecule has 0 saturated heterocycles. The zero-order chi connectivity index (χ0) is 37.7. The second-order valence-electron chi connectivity index (χ2n) is 11.6. The van der Waals surface area contributed by atoms with E-state index in [4.69, 9.17) is 56.1 Å². The normalized spacial score (nSPS) is 14.4. The highest BCUT2D eigenvalue weighted by Gasteiger charge is 2.35. The molecule has 4 aromatic carbocycles. The van der Waals surface area contributed by atoms with E-state index in [0.29, 0.717) is 28.8 Å². The van der Waals surface area contributed by atoms with Crippen molar-refractivity contribution in [3.63, 3.8) is 0 Å². The largest absolute Gasteiger partial charge is 0.505 e. The number of anilines is 1. The van der Waals surface area contributed by atoms with Crippen LogP contribution in [0.25, 0.3) is 0 Å². The average molecular weight is 783 g/mol. The highest BCUT2D eigenvalue weighted by Crippen LogP contribution is 2.37. The van der Waals surface area contributed by atoms with E-state index in [1.807, 2.05) is 6.07 Å². The Hall–Kier alpha value is -5.07. The van der Waals surface area contributed by atoms with E-state index in [1.165, 1.54) is 24.0 Å². The summed E-state index contributed by atoms with van der Waals surface area (Å²) >= 11 is 24.7. The number of carbonyl (C=O) groups excluding carboxylic acids is 6. The lowest BCUT2D eigenvalue weighted by atomic mass is 10.00. The molecule has 0 bridgehead atoms. The molecule has 0 radical (unpaired) electrons. The molecule has 5 rings (SSSR count). The number of fused-ring (bicyclic) bond motifs is 1. The first-order valence-corrected chi connectivity index (χ1v) is 17.0. The van der Waals surface area contributed by atoms with Crippen molar-refractivity contribution in [2.45, 2.75) is 31.8 Å². The summed E-state index contributed by atoms with van der Waals surface area (Å²) in [5, 5.41) is 11.5. The Kier molecular flexibility index (Phi) is 12.1. The number of esters is 1. The van der Waals surface area contributed by atoms with Crippen LogP contribution in [0.5, 0.6) is 11.5 Å². The maximum absolute atomic E-state index is 14.3. The van der Waals surface area contributed by atoms with Gasteiger partial charge in [0.1, 0.15) is 24.7 Å². The van der Waals surface area contributed by atoms with Gasteiger partial charge in [-0.2, -0.15) is 0 Å². The number of Topliss-reactive ketones (excluding diaryl/α,β-unsaturated/α-hetero) is 2. The molecule has 1 aliphatic heterocycles. The summed E-state index contributed by atoms with van der Waals surface area (Å²) in [7, 11) is 0. The van der Waals surface area contributed by atoms with Gasteiger partial charge in [0.2, 0.25) is 5.91 Å². The number of nitrogens with zero attached hydrogens (tertiary/aromatic N) is 2. The van der Waals surface area contributed by atoms with Crippen molar-refractivity contribution < 1.29 is 38.6 Å². The van der Waals surface area contributed by atoms with E-state index in [1.54, 1.807) is 48.5 Å². The number of aliphatic imine (C=N–C) groups is 1. The minimum atomic E-state index is -1.35. The van der Waals surface area contributed by atoms with Gasteiger partial charge < -0.3 is 24.9 Å². The summed E-state index contributed by atoms with van der Waals surface area (Å²) in [6, 6.07) is 18.0. The summed E-state index contributed by atoms with van der Waals surface area (Å²) in [5.41, 5.74) is 1.73. The molecule has 15 heteroatoms. The topological polar surface area (TPSA) is 160 Å². The summed E-state index contributed by atoms with van der Waals surface area (Å²) in [6.07, 6.45) is -0.268. The Morgan fingerprint density at radius 2 is 1.50 bits per heavy atom. The van der Waals surface area contributed by atoms with Crippen LogP contribution in [0, 0.1) is 0 Å². The molecule has 11 nitrogen and oxygen atoms in total. The number of ketones is 2. The molecule has 0 aromatic heterocycles. The standard InChI is InChI=1S/C37H27Cl4N3O8/c1-19(46)11-23(18-45)42-32(48)17-44-30-10-6-5-9-24(30)33(20-7-3-2-4-8-20)43-29(36(44)50)16-31(47)21-12-27(40)35(28(41)13-21)52-37(51)22-14-25(38)34(49)26(39)15-22/h2-10,12-15,18,23,29,49H,11,16-17H2,1H3,(H,42,48)/t23-,29?/m0/s1. The molecule has 2 N–H and O–H groups in total. The van der Waals surface area contributed by atoms with E-state index in [9.17, 15) is 33.9 Å². The molecule has 0 spiro atoms. The number of hydrogen-bond donors (Lipinski definition) is 2. The predicted octanol–water partition coefficient (Wildman–Crippen LogP) is 6.71. The van der Waals surface area contributed by atoms with Gasteiger partial charge in [0.25, 0.3) is 5.91 Å². The van der Waals surface area contributed by atoms with E-state index in [0.717, 1.165) is 12.1 Å². The smallest absolute Gasteiger partial charge is 0.343 e. The number of hydrogen-bond acceptors (Lipinski definition) is 9. The van der Waals surface area contributed by atoms with Crippen LogP contribution < -0.4 is 15.0 Å². The van der Waals surface area contributed by atoms with Gasteiger partial charge in [0.15, 0.2) is 17.3 Å². The predicted molar refractivity (Wildman–Crippen MR) is 196 cm³/mol. The van der Waals surface area contributed by atoms with Gasteiger partial charge in [-0.1, -0.05) is 94.9 Å². The van der Waals surface area contributed by atoms with Crippen LogP contribution in [0.3, 0.4) is 0 Å². The molecule has 1 unspecified atom stereocenters. The number of phenols is 1. The second-order valence-corrected chi connectivity index (χ2v) is 13.2. The summed E-state index contributed by atoms with van der Waals surface area (Å²) in [5.74, 6) is -3.97. The van der Waals surface area contributed by atoms with E-state index < -0.39 is 54.4 Å². The lowest BCUT2D eigenvalue weighted by Gasteiger charge is -2.25. The third kappa shape index (κ3) is 8.68. The fourth-order valence-electron chi connectivity index (χ4n) is 5.40. The van der Waals surface area contributed by atoms with Crippen molar-refractivity contribution in [1.82, 2.24) is 5.32 Å². The van der Waals surface area contributed by atoms with Crippen molar-refractivity contribution in [2.75, 3.05) is 11.4 Å². The van der Waals surface area contributed by atoms with Gasteiger partial charge in [-0.15, -0.1) is 0 Å². The SMILES string of the molecule is CC(=O)C[C@@H](C=O)NC(=O)CN1C(=O)C(CC(=O)c2cc(Cl)c(OC(=O)c3cc(Cl)c(O)c(Cl)c3)c(Cl)c2)N=C(c2ccccc2)c2ccccc21. The zero-order valence-electron chi connectivity index (χ0n) is 27.1. The minimum Gasteiger partial charge on any atom is -0.505 e. The number of para-hydroxylation sites is 1. The number of rotatable bonds is 12. The molecule has 1 aliphatic rings. The molecule has 52 heavy (non-hydrogen) atoms. The lowest BCUT2D eigenvalue weighted by molar-refractivity contribution is -0.126. The van der Waals surface area contributed by atoms with Crippen LogP contribution in [0.2, 0.25) is 20.1 Å². The molecule has 4 aromatic rings. The van der Waals surface area contributed by atoms with E-state index in [2.05, 4.69) is 5.32 Å². The molecule has 0 fully saturated rings. The van der Waals surface area contributed by atoms with Crippen molar-refractivity contribution >= 4 is 93.4 Å². The molecule has 2 atom stereocenters. The fourth-order valence-corrected chi connectivity index (χ4v) is 6.45. The number of nitrogens with one attached hydrogen (secondary N) is 1. The van der Waals surface area contributed by atoms with Crippen molar-refractivity contribution in [2.24, 2.45) is 4.99 Å². The number of benzodiazepines with no additional fused rings is 1. The van der Waals surface area contributed by atoms with Crippen LogP contribution in [-0.4, -0.2) is 65.1 Å². The van der Waals surface area contributed by atoms with Gasteiger partial charge in [-0.05, 0) is 37.3 Å². The van der Waals surface area contributed by atoms with Gasteiger partial charge in [-0.3, -0.25) is 24.2 Å². The Morgan fingerprint density at radius 3 is 2.12 bits per heavy atom. The van der Waals surface area contributed by atoms with Crippen LogP contribution in [-0.2, 0) is 19.2 Å². The summed E-state index contributed by atoms with van der Waals surface area (Å²) in [6.45, 7) is 0.738. The molecule has 0 saturated carbocycles. The van der Waals surface area contributed by atoms with Crippen molar-refractivity contribution in [1.29, 1.82) is 0 Å². The number of ether oxygens (including phenoxy) is 1. The van der Waals surface area contributed by atoms with Crippen molar-refractivity contribution in [3.05, 3.63) is 121 Å². The molecular formula is C37H27Cl4N3O8. The van der Waals surface area contributed by atoms with Gasteiger partial charge in [0, 0.05) is 29.5 Å². The second kappa shape index (κ2) is 16.5. The fraction of sp³-hybridized carbons (Fsp3) is 0.162. The number of carbonyl (C=O) groups is 6. The molecule has 1 heterocycles. The third-order valence-corrected chi connectivity index (χ3v) is 8.94. The Labute approximate surface area is 317 Å². The Morgan fingerprint density at radius 1 is 0.904 bits per heavy atom. The highest BCUT2D eigenvalue weighted by atomic mass is 35.5. The molecular weight excluding hydrogens is 756 g/mol. The maximum atomic E-state index is 14.3. The summed E-state index contributed by atoms with van der Waals surface area (Å²) in [4.78, 5) is 83.2. The number of phenolic OH excluding ortho intramolecular Hbond substituents is 1. The van der Waals surface area contributed by atoms with Crippen LogP contribution in [0.15, 0.2) is 83.9 Å².